The molecule has 3 nitrogen and oxygen atoms in total. The van der Waals surface area contributed by atoms with Gasteiger partial charge in [0.2, 0.25) is 0 Å². The number of fused-ring (bicyclic) bond motifs is 14. The third-order valence-electron chi connectivity index (χ3n) is 9.86. The lowest BCUT2D eigenvalue weighted by atomic mass is 9.85. The van der Waals surface area contributed by atoms with Gasteiger partial charge in [-0.2, -0.15) is 0 Å². The predicted octanol–water partition coefficient (Wildman–Crippen LogP) is 10.8. The van der Waals surface area contributed by atoms with E-state index in [1.54, 1.807) is 0 Å². The lowest BCUT2D eigenvalue weighted by Gasteiger charge is -2.22. The Morgan fingerprint density at radius 2 is 1.44 bits per heavy atom. The average molecular weight is 556 g/mol. The fourth-order valence-electron chi connectivity index (χ4n) is 7.76. The summed E-state index contributed by atoms with van der Waals surface area (Å²) >= 11 is 0. The van der Waals surface area contributed by atoms with E-state index in [0.717, 1.165) is 33.2 Å². The molecule has 4 heterocycles. The van der Waals surface area contributed by atoms with Crippen molar-refractivity contribution in [3.05, 3.63) is 126 Å². The van der Waals surface area contributed by atoms with Crippen molar-refractivity contribution in [1.82, 2.24) is 4.40 Å². The number of hydrogen-bond donors (Lipinski definition) is 0. The Morgan fingerprint density at radius 3 is 2.30 bits per heavy atom. The van der Waals surface area contributed by atoms with Gasteiger partial charge in [0.15, 0.2) is 5.58 Å². The van der Waals surface area contributed by atoms with Crippen LogP contribution in [0, 0.1) is 0 Å². The molecule has 0 saturated carbocycles. The van der Waals surface area contributed by atoms with Gasteiger partial charge in [-0.3, -0.25) is 0 Å². The Kier molecular flexibility index (Phi) is 4.31. The average Bonchev–Trinajstić information content (AvgIpc) is 3.76. The van der Waals surface area contributed by atoms with Gasteiger partial charge in [-0.1, -0.05) is 99.7 Å². The molecule has 3 aromatic heterocycles. The molecule has 2 aliphatic rings. The monoisotopic (exact) mass is 555 g/mol. The minimum absolute atomic E-state index is 0.0993. The second kappa shape index (κ2) is 7.87. The summed E-state index contributed by atoms with van der Waals surface area (Å²) in [6.07, 6.45) is 4.58. The van der Waals surface area contributed by atoms with Crippen molar-refractivity contribution in [2.45, 2.75) is 38.2 Å². The molecule has 0 fully saturated rings. The van der Waals surface area contributed by atoms with Crippen molar-refractivity contribution in [3.63, 3.8) is 0 Å². The van der Waals surface area contributed by atoms with E-state index in [1.807, 2.05) is 6.07 Å². The first-order valence-electron chi connectivity index (χ1n) is 15.2. The highest BCUT2D eigenvalue weighted by molar-refractivity contribution is 6.25. The lowest BCUT2D eigenvalue weighted by Crippen LogP contribution is -2.14. The summed E-state index contributed by atoms with van der Waals surface area (Å²) in [7, 11) is 0. The molecule has 2 unspecified atom stereocenters. The molecule has 0 N–H and O–H groups in total. The first-order valence-corrected chi connectivity index (χ1v) is 15.2. The molecule has 2 atom stereocenters. The number of hydrogen-bond acceptors (Lipinski definition) is 2. The highest BCUT2D eigenvalue weighted by Crippen LogP contribution is 2.54. The molecular weight excluding hydrogens is 526 g/mol. The summed E-state index contributed by atoms with van der Waals surface area (Å²) in [5.74, 6) is 1.16. The topological polar surface area (TPSA) is 26.8 Å². The summed E-state index contributed by atoms with van der Waals surface area (Å²) in [5.41, 5.74) is 11.9. The molecule has 3 heteroatoms. The Balaban J connectivity index is 1.33. The summed E-state index contributed by atoms with van der Waals surface area (Å²) in [6.45, 7) is 6.80. The molecular formula is C40H29NO2. The third-order valence-corrected chi connectivity index (χ3v) is 9.86. The van der Waals surface area contributed by atoms with Crippen molar-refractivity contribution < 1.29 is 9.15 Å². The molecule has 1 aliphatic carbocycles. The van der Waals surface area contributed by atoms with Crippen LogP contribution in [-0.4, -0.2) is 4.40 Å². The number of rotatable bonds is 1. The Hall–Kier alpha value is -5.02. The predicted molar refractivity (Wildman–Crippen MR) is 177 cm³/mol. The second-order valence-corrected chi connectivity index (χ2v) is 13.3. The normalized spacial score (nSPS) is 17.7. The van der Waals surface area contributed by atoms with Crippen LogP contribution in [0.15, 0.2) is 108 Å². The fraction of sp³-hybridized carbons (Fsp3) is 0.150. The molecule has 10 rings (SSSR count). The van der Waals surface area contributed by atoms with Crippen LogP contribution in [0.25, 0.3) is 66.3 Å². The highest BCUT2D eigenvalue weighted by atomic mass is 16.5. The Bertz CT molecular complexity index is 2460. The smallest absolute Gasteiger partial charge is 0.160 e. The molecule has 0 amide bonds. The summed E-state index contributed by atoms with van der Waals surface area (Å²) in [6, 6.07) is 35.2. The first kappa shape index (κ1) is 23.5. The van der Waals surface area contributed by atoms with Crippen molar-refractivity contribution >= 4 is 55.2 Å². The lowest BCUT2D eigenvalue weighted by molar-refractivity contribution is 0.217. The summed E-state index contributed by atoms with van der Waals surface area (Å²) < 4.78 is 15.9. The number of furan rings is 1. The minimum atomic E-state index is -0.0993. The molecule has 1 aliphatic heterocycles. The SMILES string of the molecule is CC(C)(C)c1ccc(-c2cc3c4c(n5c3c(c2)c2ccc3c6ccccc6oc3c25)C2Oc3ccccc3C2C=C4)cc1. The number of para-hydroxylation sites is 2. The van der Waals surface area contributed by atoms with Gasteiger partial charge in [-0.05, 0) is 52.4 Å². The van der Waals surface area contributed by atoms with Gasteiger partial charge >= 0.3 is 0 Å². The molecule has 0 bridgehead atoms. The van der Waals surface area contributed by atoms with Crippen molar-refractivity contribution in [2.75, 3.05) is 0 Å². The Labute approximate surface area is 248 Å². The van der Waals surface area contributed by atoms with E-state index in [1.165, 1.54) is 55.2 Å². The van der Waals surface area contributed by atoms with Crippen LogP contribution in [0.1, 0.15) is 55.2 Å². The van der Waals surface area contributed by atoms with E-state index in [4.69, 9.17) is 9.15 Å². The van der Waals surface area contributed by atoms with Crippen LogP contribution in [-0.2, 0) is 5.41 Å². The molecule has 8 aromatic rings. The maximum Gasteiger partial charge on any atom is 0.160 e. The maximum absolute atomic E-state index is 6.78. The Morgan fingerprint density at radius 1 is 0.674 bits per heavy atom. The van der Waals surface area contributed by atoms with Gasteiger partial charge in [-0.15, -0.1) is 0 Å². The number of nitrogens with zero attached hydrogens (tertiary/aromatic N) is 1. The van der Waals surface area contributed by atoms with E-state index in [-0.39, 0.29) is 17.4 Å². The van der Waals surface area contributed by atoms with Crippen LogP contribution in [0.4, 0.5) is 0 Å². The largest absolute Gasteiger partial charge is 0.483 e. The van der Waals surface area contributed by atoms with Crippen LogP contribution < -0.4 is 4.74 Å². The van der Waals surface area contributed by atoms with Crippen molar-refractivity contribution in [3.8, 4) is 16.9 Å². The zero-order chi connectivity index (χ0) is 28.6. The number of aromatic nitrogens is 1. The second-order valence-electron chi connectivity index (χ2n) is 13.3. The van der Waals surface area contributed by atoms with Gasteiger partial charge in [0.1, 0.15) is 17.4 Å². The van der Waals surface area contributed by atoms with Crippen LogP contribution in [0.2, 0.25) is 0 Å². The fourth-order valence-corrected chi connectivity index (χ4v) is 7.76. The number of ether oxygens (including phenoxy) is 1. The van der Waals surface area contributed by atoms with Gasteiger partial charge in [0.05, 0.1) is 16.7 Å². The van der Waals surface area contributed by atoms with Crippen LogP contribution in [0.5, 0.6) is 5.75 Å². The van der Waals surface area contributed by atoms with Gasteiger partial charge in [-0.25, -0.2) is 0 Å². The number of benzene rings is 5. The van der Waals surface area contributed by atoms with E-state index in [2.05, 4.69) is 128 Å². The van der Waals surface area contributed by atoms with Crippen molar-refractivity contribution in [2.24, 2.45) is 0 Å². The van der Waals surface area contributed by atoms with E-state index in [9.17, 15) is 0 Å². The van der Waals surface area contributed by atoms with E-state index >= 15 is 0 Å². The molecule has 0 saturated heterocycles. The third kappa shape index (κ3) is 2.99. The standard InChI is InChI=1S/C40H29NO2/c1-40(2,3)24-14-12-22(13-15-24)23-20-31-27-16-18-29-25-8-4-6-10-33(25)42-38(29)36(27)41-35(31)32(21-23)28-17-19-30-26-9-5-7-11-34(26)43-39(30)37(28)41/h4-21,29,38H,1-3H3. The zero-order valence-corrected chi connectivity index (χ0v) is 24.3. The minimum Gasteiger partial charge on any atom is -0.483 e. The van der Waals surface area contributed by atoms with Gasteiger partial charge in [0, 0.05) is 44.0 Å². The quantitative estimate of drug-likeness (QED) is 0.201. The highest BCUT2D eigenvalue weighted by Gasteiger charge is 2.41. The molecule has 206 valence electrons. The zero-order valence-electron chi connectivity index (χ0n) is 24.3. The van der Waals surface area contributed by atoms with E-state index in [0.29, 0.717) is 0 Å². The summed E-state index contributed by atoms with van der Waals surface area (Å²) in [5, 5.41) is 6.02. The van der Waals surface area contributed by atoms with Crippen LogP contribution >= 0.6 is 0 Å². The van der Waals surface area contributed by atoms with Crippen molar-refractivity contribution in [1.29, 1.82) is 0 Å². The maximum atomic E-state index is 6.78. The van der Waals surface area contributed by atoms with E-state index < -0.39 is 0 Å². The van der Waals surface area contributed by atoms with Gasteiger partial charge in [0.25, 0.3) is 0 Å². The van der Waals surface area contributed by atoms with Crippen LogP contribution in [0.3, 0.4) is 0 Å². The summed E-state index contributed by atoms with van der Waals surface area (Å²) in [4.78, 5) is 0. The van der Waals surface area contributed by atoms with Gasteiger partial charge < -0.3 is 13.6 Å². The molecule has 0 radical (unpaired) electrons. The molecule has 5 aromatic carbocycles. The first-order chi connectivity index (χ1) is 21.0. The molecule has 43 heavy (non-hydrogen) atoms. The molecule has 0 spiro atoms.